The minimum Gasteiger partial charge on any atom is -0.375 e. The molecule has 118 valence electrons. The van der Waals surface area contributed by atoms with Crippen LogP contribution in [-0.4, -0.2) is 29.3 Å². The summed E-state index contributed by atoms with van der Waals surface area (Å²) in [4.78, 5) is 14.5. The molecule has 0 bridgehead atoms. The van der Waals surface area contributed by atoms with E-state index < -0.39 is 0 Å². The van der Waals surface area contributed by atoms with Crippen LogP contribution in [0.2, 0.25) is 0 Å². The Balaban J connectivity index is 2.07. The Kier molecular flexibility index (Phi) is 4.85. The highest BCUT2D eigenvalue weighted by Crippen LogP contribution is 2.18. The first-order valence-electron chi connectivity index (χ1n) is 7.54. The minimum absolute atomic E-state index is 0.0681. The van der Waals surface area contributed by atoms with Crippen molar-refractivity contribution in [2.75, 3.05) is 18.5 Å². The van der Waals surface area contributed by atoms with Crippen molar-refractivity contribution in [3.05, 3.63) is 47.3 Å². The predicted octanol–water partition coefficient (Wildman–Crippen LogP) is 2.68. The molecule has 5 nitrogen and oxygen atoms in total. The van der Waals surface area contributed by atoms with E-state index in [4.69, 9.17) is 0 Å². The van der Waals surface area contributed by atoms with Gasteiger partial charge in [-0.05, 0) is 45.0 Å². The summed E-state index contributed by atoms with van der Waals surface area (Å²) in [6.07, 6.45) is 1.81. The normalized spacial score (nSPS) is 12.0. The summed E-state index contributed by atoms with van der Waals surface area (Å²) in [5.74, 6) is -0.0681. The number of aryl methyl sites for hydroxylation is 1. The van der Waals surface area contributed by atoms with Gasteiger partial charge in [-0.1, -0.05) is 0 Å². The topological polar surface area (TPSA) is 50.2 Å². The third kappa shape index (κ3) is 3.30. The molecular formula is C17H24N4O. The minimum atomic E-state index is -0.0702. The molecule has 0 saturated carbocycles. The molecule has 0 aliphatic rings. The molecule has 1 heterocycles. The Hall–Kier alpha value is -2.30. The molecule has 0 unspecified atom stereocenters. The third-order valence-electron chi connectivity index (χ3n) is 4.13. The van der Waals surface area contributed by atoms with Crippen LogP contribution in [0.4, 0.5) is 5.69 Å². The van der Waals surface area contributed by atoms with Gasteiger partial charge in [-0.25, -0.2) is 0 Å². The molecule has 1 amide bonds. The number of anilines is 1. The maximum absolute atomic E-state index is 12.3. The van der Waals surface area contributed by atoms with Crippen LogP contribution in [0.3, 0.4) is 0 Å². The predicted molar refractivity (Wildman–Crippen MR) is 89.2 cm³/mol. The van der Waals surface area contributed by atoms with E-state index in [9.17, 15) is 4.79 Å². The zero-order valence-corrected chi connectivity index (χ0v) is 13.9. The Bertz CT molecular complexity index is 645. The highest BCUT2D eigenvalue weighted by molar-refractivity contribution is 5.94. The van der Waals surface area contributed by atoms with Crippen molar-refractivity contribution in [3.63, 3.8) is 0 Å². The molecule has 2 rings (SSSR count). The second-order valence-electron chi connectivity index (χ2n) is 5.57. The van der Waals surface area contributed by atoms with Crippen LogP contribution in [0.25, 0.3) is 0 Å². The quantitative estimate of drug-likeness (QED) is 0.923. The van der Waals surface area contributed by atoms with E-state index in [1.165, 1.54) is 0 Å². The van der Waals surface area contributed by atoms with Gasteiger partial charge in [0, 0.05) is 43.1 Å². The summed E-state index contributed by atoms with van der Waals surface area (Å²) in [6, 6.07) is 7.59. The zero-order valence-electron chi connectivity index (χ0n) is 13.9. The van der Waals surface area contributed by atoms with Gasteiger partial charge in [-0.2, -0.15) is 5.10 Å². The van der Waals surface area contributed by atoms with Gasteiger partial charge in [-0.15, -0.1) is 0 Å². The maximum atomic E-state index is 12.3. The van der Waals surface area contributed by atoms with E-state index in [1.54, 1.807) is 6.20 Å². The van der Waals surface area contributed by atoms with Crippen molar-refractivity contribution in [1.82, 2.24) is 15.1 Å². The number of nitrogens with one attached hydrogen (secondary N) is 1. The number of carbonyl (C=O) groups is 1. The van der Waals surface area contributed by atoms with Gasteiger partial charge >= 0.3 is 0 Å². The average molecular weight is 300 g/mol. The van der Waals surface area contributed by atoms with Crippen LogP contribution in [0.1, 0.15) is 41.5 Å². The number of hydrogen-bond donors (Lipinski definition) is 1. The zero-order chi connectivity index (χ0) is 16.3. The Labute approximate surface area is 131 Å². The van der Waals surface area contributed by atoms with Crippen molar-refractivity contribution >= 4 is 11.6 Å². The van der Waals surface area contributed by atoms with E-state index in [0.29, 0.717) is 5.56 Å². The summed E-state index contributed by atoms with van der Waals surface area (Å²) in [5.41, 5.74) is 3.88. The smallest absolute Gasteiger partial charge is 0.251 e. The largest absolute Gasteiger partial charge is 0.375 e. The second kappa shape index (κ2) is 6.64. The molecular weight excluding hydrogens is 276 g/mol. The monoisotopic (exact) mass is 300 g/mol. The van der Waals surface area contributed by atoms with E-state index >= 15 is 0 Å². The number of amides is 1. The maximum Gasteiger partial charge on any atom is 0.251 e. The van der Waals surface area contributed by atoms with Gasteiger partial charge in [0.2, 0.25) is 0 Å². The van der Waals surface area contributed by atoms with Crippen LogP contribution in [0.5, 0.6) is 0 Å². The lowest BCUT2D eigenvalue weighted by Gasteiger charge is -2.17. The summed E-state index contributed by atoms with van der Waals surface area (Å²) in [6.45, 7) is 7.00. The average Bonchev–Trinajstić information content (AvgIpc) is 2.86. The van der Waals surface area contributed by atoms with Gasteiger partial charge in [-0.3, -0.25) is 9.48 Å². The molecule has 0 saturated heterocycles. The number of benzene rings is 1. The number of nitrogens with zero attached hydrogens (tertiary/aromatic N) is 3. The molecule has 0 aliphatic heterocycles. The van der Waals surface area contributed by atoms with E-state index in [-0.39, 0.29) is 11.9 Å². The molecule has 1 aromatic heterocycles. The highest BCUT2D eigenvalue weighted by atomic mass is 16.1. The standard InChI is InChI=1S/C17H24N4O/c1-6-20(4)15-9-7-14(8-10-15)17(22)19-12(2)16-11-18-21(5)13(16)3/h7-12H,6H2,1-5H3,(H,19,22)/t12-/m1/s1. The van der Waals surface area contributed by atoms with Gasteiger partial charge in [0.15, 0.2) is 0 Å². The fourth-order valence-electron chi connectivity index (χ4n) is 2.35. The number of rotatable bonds is 5. The SMILES string of the molecule is CCN(C)c1ccc(C(=O)N[C@H](C)c2cnn(C)c2C)cc1. The highest BCUT2D eigenvalue weighted by Gasteiger charge is 2.15. The van der Waals surface area contributed by atoms with Crippen LogP contribution >= 0.6 is 0 Å². The van der Waals surface area contributed by atoms with Crippen LogP contribution in [0.15, 0.2) is 30.5 Å². The number of carbonyl (C=O) groups excluding carboxylic acids is 1. The number of aromatic nitrogens is 2. The molecule has 2 aromatic rings. The number of hydrogen-bond acceptors (Lipinski definition) is 3. The third-order valence-corrected chi connectivity index (χ3v) is 4.13. The van der Waals surface area contributed by atoms with Crippen LogP contribution < -0.4 is 10.2 Å². The fraction of sp³-hybridized carbons (Fsp3) is 0.412. The van der Waals surface area contributed by atoms with Crippen molar-refractivity contribution in [2.45, 2.75) is 26.8 Å². The molecule has 0 radical (unpaired) electrons. The summed E-state index contributed by atoms with van der Waals surface area (Å²) in [7, 11) is 3.93. The van der Waals surface area contributed by atoms with Gasteiger partial charge < -0.3 is 10.2 Å². The summed E-state index contributed by atoms with van der Waals surface area (Å²) in [5, 5.41) is 7.24. The molecule has 0 fully saturated rings. The van der Waals surface area contributed by atoms with E-state index in [1.807, 2.05) is 56.9 Å². The van der Waals surface area contributed by atoms with Crippen molar-refractivity contribution in [3.8, 4) is 0 Å². The van der Waals surface area contributed by atoms with E-state index in [0.717, 1.165) is 23.5 Å². The molecule has 1 atom stereocenters. The lowest BCUT2D eigenvalue weighted by Crippen LogP contribution is -2.27. The van der Waals surface area contributed by atoms with Crippen molar-refractivity contribution < 1.29 is 4.79 Å². The van der Waals surface area contributed by atoms with Crippen molar-refractivity contribution in [1.29, 1.82) is 0 Å². The van der Waals surface area contributed by atoms with E-state index in [2.05, 4.69) is 22.2 Å². The van der Waals surface area contributed by atoms with Crippen molar-refractivity contribution in [2.24, 2.45) is 7.05 Å². The summed E-state index contributed by atoms with van der Waals surface area (Å²) < 4.78 is 1.81. The Morgan fingerprint density at radius 3 is 2.50 bits per heavy atom. The Morgan fingerprint density at radius 1 is 1.36 bits per heavy atom. The summed E-state index contributed by atoms with van der Waals surface area (Å²) >= 11 is 0. The van der Waals surface area contributed by atoms with Crippen LogP contribution in [-0.2, 0) is 7.05 Å². The van der Waals surface area contributed by atoms with Gasteiger partial charge in [0.1, 0.15) is 0 Å². The molecule has 22 heavy (non-hydrogen) atoms. The first-order chi connectivity index (χ1) is 10.4. The molecule has 1 N–H and O–H groups in total. The molecule has 1 aromatic carbocycles. The molecule has 0 aliphatic carbocycles. The fourth-order valence-corrected chi connectivity index (χ4v) is 2.35. The van der Waals surface area contributed by atoms with Gasteiger partial charge in [0.25, 0.3) is 5.91 Å². The molecule has 0 spiro atoms. The lowest BCUT2D eigenvalue weighted by molar-refractivity contribution is 0.0940. The lowest BCUT2D eigenvalue weighted by atomic mass is 10.1. The first-order valence-corrected chi connectivity index (χ1v) is 7.54. The molecule has 5 heteroatoms. The Morgan fingerprint density at radius 2 is 2.00 bits per heavy atom. The first kappa shape index (κ1) is 16.1. The van der Waals surface area contributed by atoms with Gasteiger partial charge in [0.05, 0.1) is 12.2 Å². The van der Waals surface area contributed by atoms with Crippen LogP contribution in [0, 0.1) is 6.92 Å². The second-order valence-corrected chi connectivity index (χ2v) is 5.57.